The summed E-state index contributed by atoms with van der Waals surface area (Å²) in [7, 11) is 0. The highest BCUT2D eigenvalue weighted by Crippen LogP contribution is 2.26. The molecule has 0 aromatic heterocycles. The summed E-state index contributed by atoms with van der Waals surface area (Å²) in [6.45, 7) is 4.02. The van der Waals surface area contributed by atoms with Crippen molar-refractivity contribution in [3.63, 3.8) is 0 Å². The second kappa shape index (κ2) is 6.71. The van der Waals surface area contributed by atoms with Crippen LogP contribution < -0.4 is 5.32 Å². The normalized spacial score (nSPS) is 13.5. The van der Waals surface area contributed by atoms with Gasteiger partial charge in [-0.1, -0.05) is 29.8 Å². The topological polar surface area (TPSA) is 35.8 Å². The first-order valence-corrected chi connectivity index (χ1v) is 7.10. The zero-order chi connectivity index (χ0) is 15.4. The van der Waals surface area contributed by atoms with Crippen molar-refractivity contribution in [3.05, 3.63) is 70.0 Å². The molecule has 2 nitrogen and oxygen atoms in total. The van der Waals surface area contributed by atoms with Gasteiger partial charge in [-0.3, -0.25) is 0 Å². The van der Waals surface area contributed by atoms with Crippen LogP contribution in [-0.4, -0.2) is 0 Å². The van der Waals surface area contributed by atoms with Crippen molar-refractivity contribution >= 4 is 11.6 Å². The predicted molar refractivity (Wildman–Crippen MR) is 82.5 cm³/mol. The molecule has 0 amide bonds. The molecule has 0 saturated heterocycles. The van der Waals surface area contributed by atoms with Crippen molar-refractivity contribution in [1.29, 1.82) is 5.26 Å². The zero-order valence-corrected chi connectivity index (χ0v) is 12.7. The number of hydrogen-bond donors (Lipinski definition) is 1. The number of hydrogen-bond acceptors (Lipinski definition) is 2. The lowest BCUT2D eigenvalue weighted by atomic mass is 10.0. The molecule has 0 aliphatic carbocycles. The Balaban J connectivity index is 2.10. The van der Waals surface area contributed by atoms with E-state index in [9.17, 15) is 4.39 Å². The predicted octanol–water partition coefficient (Wildman–Crippen LogP) is 4.76. The van der Waals surface area contributed by atoms with Gasteiger partial charge in [0.1, 0.15) is 5.82 Å². The Kier molecular flexibility index (Phi) is 4.95. The molecule has 0 aliphatic rings. The molecule has 0 spiro atoms. The highest BCUT2D eigenvalue weighted by atomic mass is 35.5. The molecule has 4 heteroatoms. The molecular weight excluding hydrogens is 287 g/mol. The van der Waals surface area contributed by atoms with Gasteiger partial charge < -0.3 is 5.32 Å². The van der Waals surface area contributed by atoms with E-state index in [1.54, 1.807) is 18.2 Å². The molecule has 0 radical (unpaired) electrons. The SMILES string of the molecule is CC(NC(C)c1ccc(F)cc1Cl)c1ccc(C#N)cc1. The van der Waals surface area contributed by atoms with E-state index in [4.69, 9.17) is 16.9 Å². The monoisotopic (exact) mass is 302 g/mol. The summed E-state index contributed by atoms with van der Waals surface area (Å²) in [5.74, 6) is -0.337. The van der Waals surface area contributed by atoms with E-state index in [1.165, 1.54) is 12.1 Å². The molecule has 108 valence electrons. The van der Waals surface area contributed by atoms with E-state index in [-0.39, 0.29) is 17.9 Å². The minimum Gasteiger partial charge on any atom is -0.304 e. The number of nitrogens with zero attached hydrogens (tertiary/aromatic N) is 1. The number of rotatable bonds is 4. The lowest BCUT2D eigenvalue weighted by molar-refractivity contribution is 0.494. The lowest BCUT2D eigenvalue weighted by Gasteiger charge is -2.21. The average molecular weight is 303 g/mol. The number of nitriles is 1. The number of benzene rings is 2. The van der Waals surface area contributed by atoms with Crippen LogP contribution in [0.5, 0.6) is 0 Å². The minimum absolute atomic E-state index is 0.0104. The van der Waals surface area contributed by atoms with Crippen LogP contribution in [0, 0.1) is 17.1 Å². The second-order valence-corrected chi connectivity index (χ2v) is 5.42. The van der Waals surface area contributed by atoms with Crippen molar-refractivity contribution in [1.82, 2.24) is 5.32 Å². The van der Waals surface area contributed by atoms with Crippen molar-refractivity contribution in [2.45, 2.75) is 25.9 Å². The zero-order valence-electron chi connectivity index (χ0n) is 11.9. The molecule has 2 aromatic rings. The Hall–Kier alpha value is -1.89. The highest BCUT2D eigenvalue weighted by molar-refractivity contribution is 6.31. The van der Waals surface area contributed by atoms with Gasteiger partial charge in [0.25, 0.3) is 0 Å². The van der Waals surface area contributed by atoms with E-state index >= 15 is 0 Å². The maximum atomic E-state index is 13.1. The molecule has 2 rings (SSSR count). The summed E-state index contributed by atoms with van der Waals surface area (Å²) in [4.78, 5) is 0. The first kappa shape index (κ1) is 15.5. The summed E-state index contributed by atoms with van der Waals surface area (Å²) in [5, 5.41) is 12.6. The summed E-state index contributed by atoms with van der Waals surface area (Å²) >= 11 is 6.08. The van der Waals surface area contributed by atoms with Gasteiger partial charge in [0, 0.05) is 17.1 Å². The molecule has 21 heavy (non-hydrogen) atoms. The summed E-state index contributed by atoms with van der Waals surface area (Å²) in [6.07, 6.45) is 0. The Morgan fingerprint density at radius 2 is 1.76 bits per heavy atom. The standard InChI is InChI=1S/C17H16ClFN2/c1-11(14-5-3-13(10-20)4-6-14)21-12(2)16-8-7-15(19)9-17(16)18/h3-9,11-12,21H,1-2H3. The van der Waals surface area contributed by atoms with Crippen LogP contribution >= 0.6 is 11.6 Å². The van der Waals surface area contributed by atoms with Crippen molar-refractivity contribution < 1.29 is 4.39 Å². The molecular formula is C17H16ClFN2. The quantitative estimate of drug-likeness (QED) is 0.883. The van der Waals surface area contributed by atoms with Crippen LogP contribution in [0.25, 0.3) is 0 Å². The van der Waals surface area contributed by atoms with Gasteiger partial charge in [-0.25, -0.2) is 4.39 Å². The fraction of sp³-hybridized carbons (Fsp3) is 0.235. The van der Waals surface area contributed by atoms with Crippen molar-refractivity contribution in [3.8, 4) is 6.07 Å². The fourth-order valence-electron chi connectivity index (χ4n) is 2.26. The third-order valence-electron chi connectivity index (χ3n) is 3.47. The summed E-state index contributed by atoms with van der Waals surface area (Å²) < 4.78 is 13.1. The van der Waals surface area contributed by atoms with E-state index in [0.717, 1.165) is 11.1 Å². The maximum absolute atomic E-state index is 13.1. The summed E-state index contributed by atoms with van der Waals surface area (Å²) in [6, 6.07) is 14.0. The van der Waals surface area contributed by atoms with Crippen LogP contribution in [0.15, 0.2) is 42.5 Å². The number of nitrogens with one attached hydrogen (secondary N) is 1. The smallest absolute Gasteiger partial charge is 0.124 e. The lowest BCUT2D eigenvalue weighted by Crippen LogP contribution is -2.22. The third kappa shape index (κ3) is 3.81. The molecule has 2 atom stereocenters. The molecule has 0 aliphatic heterocycles. The molecule has 0 heterocycles. The van der Waals surface area contributed by atoms with Crippen molar-refractivity contribution in [2.75, 3.05) is 0 Å². The van der Waals surface area contributed by atoms with Crippen LogP contribution in [0.2, 0.25) is 5.02 Å². The fourth-order valence-corrected chi connectivity index (χ4v) is 2.59. The largest absolute Gasteiger partial charge is 0.304 e. The first-order chi connectivity index (χ1) is 10.0. The van der Waals surface area contributed by atoms with E-state index in [1.807, 2.05) is 26.0 Å². The first-order valence-electron chi connectivity index (χ1n) is 6.72. The highest BCUT2D eigenvalue weighted by Gasteiger charge is 2.14. The minimum atomic E-state index is -0.337. The number of halogens is 2. The van der Waals surface area contributed by atoms with Gasteiger partial charge in [0.15, 0.2) is 0 Å². The van der Waals surface area contributed by atoms with E-state index in [2.05, 4.69) is 11.4 Å². The van der Waals surface area contributed by atoms with Gasteiger partial charge in [0.2, 0.25) is 0 Å². The molecule has 2 aromatic carbocycles. The molecule has 1 N–H and O–H groups in total. The molecule has 0 saturated carbocycles. The van der Waals surface area contributed by atoms with Gasteiger partial charge >= 0.3 is 0 Å². The Bertz CT molecular complexity index is 661. The van der Waals surface area contributed by atoms with E-state index < -0.39 is 0 Å². The van der Waals surface area contributed by atoms with E-state index in [0.29, 0.717) is 10.6 Å². The average Bonchev–Trinajstić information content (AvgIpc) is 2.47. The van der Waals surface area contributed by atoms with Gasteiger partial charge in [0.05, 0.1) is 11.6 Å². The Morgan fingerprint density at radius 3 is 2.33 bits per heavy atom. The van der Waals surface area contributed by atoms with Crippen LogP contribution in [-0.2, 0) is 0 Å². The van der Waals surface area contributed by atoms with Gasteiger partial charge in [-0.2, -0.15) is 5.26 Å². The maximum Gasteiger partial charge on any atom is 0.124 e. The molecule has 2 unspecified atom stereocenters. The van der Waals surface area contributed by atoms with Gasteiger partial charge in [-0.05, 0) is 49.2 Å². The van der Waals surface area contributed by atoms with Crippen molar-refractivity contribution in [2.24, 2.45) is 0 Å². The van der Waals surface area contributed by atoms with Crippen LogP contribution in [0.4, 0.5) is 4.39 Å². The third-order valence-corrected chi connectivity index (χ3v) is 3.80. The van der Waals surface area contributed by atoms with Crippen LogP contribution in [0.3, 0.4) is 0 Å². The van der Waals surface area contributed by atoms with Crippen LogP contribution in [0.1, 0.15) is 42.6 Å². The summed E-state index contributed by atoms with van der Waals surface area (Å²) in [5.41, 5.74) is 2.58. The molecule has 0 fully saturated rings. The molecule has 0 bridgehead atoms. The Morgan fingerprint density at radius 1 is 1.10 bits per heavy atom. The second-order valence-electron chi connectivity index (χ2n) is 5.01. The van der Waals surface area contributed by atoms with Gasteiger partial charge in [-0.15, -0.1) is 0 Å². The Labute approximate surface area is 129 Å².